The fourth-order valence-corrected chi connectivity index (χ4v) is 3.45. The fourth-order valence-electron chi connectivity index (χ4n) is 2.14. The van der Waals surface area contributed by atoms with E-state index in [2.05, 4.69) is 4.99 Å². The monoisotopic (exact) mass is 297 g/mol. The quantitative estimate of drug-likeness (QED) is 0.629. The number of guanidine groups is 1. The molecule has 0 aromatic heterocycles. The van der Waals surface area contributed by atoms with Crippen molar-refractivity contribution in [3.05, 3.63) is 28.8 Å². The topological polar surface area (TPSA) is 116 Å². The third-order valence-electron chi connectivity index (χ3n) is 2.79. The lowest BCUT2D eigenvalue weighted by atomic mass is 10.00. The summed E-state index contributed by atoms with van der Waals surface area (Å²) in [7, 11) is -3.43. The molecule has 0 aliphatic rings. The second kappa shape index (κ2) is 6.04. The number of nitrogens with zero attached hydrogens (tertiary/aromatic N) is 1. The molecule has 6 nitrogen and oxygen atoms in total. The summed E-state index contributed by atoms with van der Waals surface area (Å²) in [6, 6.07) is 3.15. The van der Waals surface area contributed by atoms with Crippen LogP contribution in [0.1, 0.15) is 34.8 Å². The molecule has 0 aliphatic heterocycles. The molecule has 4 N–H and O–H groups in total. The molecule has 0 saturated carbocycles. The van der Waals surface area contributed by atoms with E-state index >= 15 is 0 Å². The van der Waals surface area contributed by atoms with Gasteiger partial charge in [-0.15, -0.1) is 0 Å². The highest BCUT2D eigenvalue weighted by atomic mass is 32.2. The number of rotatable bonds is 4. The van der Waals surface area contributed by atoms with E-state index < -0.39 is 15.7 Å². The molecule has 0 saturated heterocycles. The van der Waals surface area contributed by atoms with Crippen LogP contribution in [0, 0.1) is 6.92 Å². The molecule has 0 fully saturated rings. The highest BCUT2D eigenvalue weighted by molar-refractivity contribution is 7.90. The van der Waals surface area contributed by atoms with E-state index in [9.17, 15) is 13.2 Å². The van der Waals surface area contributed by atoms with Crippen molar-refractivity contribution >= 4 is 21.7 Å². The number of aryl methyl sites for hydroxylation is 1. The second-order valence-corrected chi connectivity index (χ2v) is 6.55. The number of nitrogens with two attached hydrogens (primary N) is 2. The van der Waals surface area contributed by atoms with Gasteiger partial charge in [0.1, 0.15) is 0 Å². The zero-order valence-corrected chi connectivity index (χ0v) is 12.6. The molecule has 1 aromatic carbocycles. The van der Waals surface area contributed by atoms with Crippen LogP contribution in [0.4, 0.5) is 0 Å². The van der Waals surface area contributed by atoms with E-state index in [-0.39, 0.29) is 16.4 Å². The maximum Gasteiger partial charge on any atom is 0.280 e. The minimum absolute atomic E-state index is 0.191. The van der Waals surface area contributed by atoms with E-state index in [1.54, 1.807) is 19.1 Å². The largest absolute Gasteiger partial charge is 0.370 e. The first-order chi connectivity index (χ1) is 9.18. The number of hydrogen-bond donors (Lipinski definition) is 2. The molecule has 0 bridgehead atoms. The van der Waals surface area contributed by atoms with Gasteiger partial charge in [-0.1, -0.05) is 19.4 Å². The zero-order valence-electron chi connectivity index (χ0n) is 11.8. The molecule has 1 rings (SSSR count). The lowest BCUT2D eigenvalue weighted by Crippen LogP contribution is -2.24. The standard InChI is InChI=1S/C13H19N3O3S/c1-4-5-9-10(12(17)16-13(14)15)7-6-8(2)11(9)20(3,18)19/h6-7H,4-5H2,1-3H3,(H4,14,15,16,17). The van der Waals surface area contributed by atoms with Gasteiger partial charge in [0.15, 0.2) is 15.8 Å². The minimum atomic E-state index is -3.43. The van der Waals surface area contributed by atoms with Gasteiger partial charge in [0.2, 0.25) is 0 Å². The summed E-state index contributed by atoms with van der Waals surface area (Å²) in [4.78, 5) is 15.7. The van der Waals surface area contributed by atoms with E-state index in [0.29, 0.717) is 24.0 Å². The predicted octanol–water partition coefficient (Wildman–Crippen LogP) is 0.765. The van der Waals surface area contributed by atoms with Crippen molar-refractivity contribution in [2.24, 2.45) is 16.5 Å². The van der Waals surface area contributed by atoms with Crippen molar-refractivity contribution in [1.29, 1.82) is 0 Å². The third-order valence-corrected chi connectivity index (χ3v) is 4.10. The first-order valence-electron chi connectivity index (χ1n) is 6.15. The molecule has 0 radical (unpaired) electrons. The van der Waals surface area contributed by atoms with Gasteiger partial charge in [-0.3, -0.25) is 4.79 Å². The van der Waals surface area contributed by atoms with Crippen LogP contribution in [-0.4, -0.2) is 26.5 Å². The highest BCUT2D eigenvalue weighted by Gasteiger charge is 2.22. The Bertz CT molecular complexity index is 660. The molecular formula is C13H19N3O3S. The highest BCUT2D eigenvalue weighted by Crippen LogP contribution is 2.26. The summed E-state index contributed by atoms with van der Waals surface area (Å²) in [5.74, 6) is -0.975. The van der Waals surface area contributed by atoms with Gasteiger partial charge in [0, 0.05) is 11.8 Å². The molecule has 1 aromatic rings. The first-order valence-corrected chi connectivity index (χ1v) is 8.04. The molecule has 0 unspecified atom stereocenters. The summed E-state index contributed by atoms with van der Waals surface area (Å²) in [6.07, 6.45) is 2.29. The lowest BCUT2D eigenvalue weighted by molar-refractivity contribution is 0.100. The van der Waals surface area contributed by atoms with Crippen molar-refractivity contribution in [1.82, 2.24) is 0 Å². The number of amides is 1. The smallest absolute Gasteiger partial charge is 0.280 e. The molecule has 0 atom stereocenters. The van der Waals surface area contributed by atoms with Crippen LogP contribution in [-0.2, 0) is 16.3 Å². The van der Waals surface area contributed by atoms with Crippen LogP contribution >= 0.6 is 0 Å². The van der Waals surface area contributed by atoms with Gasteiger partial charge < -0.3 is 11.5 Å². The SMILES string of the molecule is CCCc1c(C(=O)N=C(N)N)ccc(C)c1S(C)(=O)=O. The van der Waals surface area contributed by atoms with E-state index in [1.165, 1.54) is 0 Å². The van der Waals surface area contributed by atoms with E-state index in [4.69, 9.17) is 11.5 Å². The van der Waals surface area contributed by atoms with Crippen LogP contribution in [0.15, 0.2) is 22.0 Å². The Hall–Kier alpha value is -1.89. The average Bonchev–Trinajstić information content (AvgIpc) is 2.26. The molecule has 7 heteroatoms. The number of carbonyl (C=O) groups is 1. The number of sulfone groups is 1. The molecule has 1 amide bonds. The number of hydrogen-bond acceptors (Lipinski definition) is 3. The van der Waals surface area contributed by atoms with Crippen LogP contribution in [0.3, 0.4) is 0 Å². The summed E-state index contributed by atoms with van der Waals surface area (Å²) in [5, 5.41) is 0. The Morgan fingerprint density at radius 1 is 1.30 bits per heavy atom. The maximum atomic E-state index is 12.0. The minimum Gasteiger partial charge on any atom is -0.370 e. The molecule has 0 heterocycles. The van der Waals surface area contributed by atoms with Crippen LogP contribution < -0.4 is 11.5 Å². The van der Waals surface area contributed by atoms with Crippen LogP contribution in [0.25, 0.3) is 0 Å². The predicted molar refractivity (Wildman–Crippen MR) is 78.4 cm³/mol. The molecule has 0 aliphatic carbocycles. The third kappa shape index (κ3) is 3.57. The summed E-state index contributed by atoms with van der Waals surface area (Å²) < 4.78 is 23.9. The Morgan fingerprint density at radius 2 is 1.90 bits per heavy atom. The maximum absolute atomic E-state index is 12.0. The van der Waals surface area contributed by atoms with Gasteiger partial charge in [-0.05, 0) is 30.5 Å². The van der Waals surface area contributed by atoms with Crippen molar-refractivity contribution < 1.29 is 13.2 Å². The van der Waals surface area contributed by atoms with Crippen molar-refractivity contribution in [3.8, 4) is 0 Å². The molecular weight excluding hydrogens is 278 g/mol. The Labute approximate surface area is 118 Å². The Morgan fingerprint density at radius 3 is 2.35 bits per heavy atom. The molecule has 110 valence electrons. The summed E-state index contributed by atoms with van der Waals surface area (Å²) in [6.45, 7) is 3.60. The normalized spacial score (nSPS) is 11.2. The Kier molecular flexibility index (Phi) is 4.88. The molecule has 0 spiro atoms. The van der Waals surface area contributed by atoms with Crippen molar-refractivity contribution in [2.75, 3.05) is 6.26 Å². The van der Waals surface area contributed by atoms with Gasteiger partial charge >= 0.3 is 0 Å². The number of benzene rings is 1. The summed E-state index contributed by atoms with van der Waals surface area (Å²) >= 11 is 0. The van der Waals surface area contributed by atoms with Gasteiger partial charge in [0.25, 0.3) is 5.91 Å². The summed E-state index contributed by atoms with van der Waals surface area (Å²) in [5.41, 5.74) is 11.7. The Balaban J connectivity index is 3.63. The van der Waals surface area contributed by atoms with Gasteiger partial charge in [-0.2, -0.15) is 4.99 Å². The van der Waals surface area contributed by atoms with Crippen molar-refractivity contribution in [3.63, 3.8) is 0 Å². The zero-order chi connectivity index (χ0) is 15.5. The lowest BCUT2D eigenvalue weighted by Gasteiger charge is -2.14. The van der Waals surface area contributed by atoms with Crippen molar-refractivity contribution in [2.45, 2.75) is 31.6 Å². The molecule has 20 heavy (non-hydrogen) atoms. The van der Waals surface area contributed by atoms with Crippen LogP contribution in [0.2, 0.25) is 0 Å². The number of carbonyl (C=O) groups excluding carboxylic acids is 1. The van der Waals surface area contributed by atoms with Crippen LogP contribution in [0.5, 0.6) is 0 Å². The van der Waals surface area contributed by atoms with E-state index in [0.717, 1.165) is 6.26 Å². The number of aliphatic imine (C=N–C) groups is 1. The average molecular weight is 297 g/mol. The van der Waals surface area contributed by atoms with E-state index in [1.807, 2.05) is 6.92 Å². The fraction of sp³-hybridized carbons (Fsp3) is 0.385. The van der Waals surface area contributed by atoms with Gasteiger partial charge in [-0.25, -0.2) is 8.42 Å². The van der Waals surface area contributed by atoms with Gasteiger partial charge in [0.05, 0.1) is 4.90 Å². The second-order valence-electron chi connectivity index (χ2n) is 4.60. The first kappa shape index (κ1) is 16.2.